The quantitative estimate of drug-likeness (QED) is 0.781. The summed E-state index contributed by atoms with van der Waals surface area (Å²) in [5.41, 5.74) is 0.977. The van der Waals surface area contributed by atoms with Crippen molar-refractivity contribution in [3.63, 3.8) is 0 Å². The first kappa shape index (κ1) is 14.8. The molecule has 0 aromatic carbocycles. The summed E-state index contributed by atoms with van der Waals surface area (Å²) < 4.78 is 1.79. The standard InChI is InChI=1S/C16H16N6OS/c23-15(19-9-13-3-1-8-24-13)14-11-21(16-17-5-2-6-18-16)10-12-4-7-20-22(12)14/h1-8,14H,9-11H2,(H,19,23). The molecule has 0 spiro atoms. The lowest BCUT2D eigenvalue weighted by Gasteiger charge is -2.33. The zero-order chi connectivity index (χ0) is 16.4. The van der Waals surface area contributed by atoms with Crippen molar-refractivity contribution in [2.75, 3.05) is 11.4 Å². The van der Waals surface area contributed by atoms with E-state index in [1.165, 1.54) is 0 Å². The van der Waals surface area contributed by atoms with Gasteiger partial charge in [0.2, 0.25) is 11.9 Å². The fourth-order valence-corrected chi connectivity index (χ4v) is 3.44. The van der Waals surface area contributed by atoms with Crippen LogP contribution >= 0.6 is 11.3 Å². The number of aromatic nitrogens is 4. The van der Waals surface area contributed by atoms with Crippen molar-refractivity contribution in [2.24, 2.45) is 0 Å². The van der Waals surface area contributed by atoms with Crippen LogP contribution in [0.4, 0.5) is 5.95 Å². The molecule has 1 aliphatic heterocycles. The van der Waals surface area contributed by atoms with Gasteiger partial charge in [0.05, 0.1) is 25.3 Å². The second kappa shape index (κ2) is 6.40. The number of hydrogen-bond acceptors (Lipinski definition) is 6. The zero-order valence-electron chi connectivity index (χ0n) is 12.9. The van der Waals surface area contributed by atoms with E-state index < -0.39 is 6.04 Å². The predicted molar refractivity (Wildman–Crippen MR) is 90.5 cm³/mol. The number of hydrogen-bond donors (Lipinski definition) is 1. The molecule has 1 atom stereocenters. The van der Waals surface area contributed by atoms with Gasteiger partial charge in [0.1, 0.15) is 6.04 Å². The Kier molecular flexibility index (Phi) is 3.96. The van der Waals surface area contributed by atoms with Gasteiger partial charge in [-0.05, 0) is 23.6 Å². The summed E-state index contributed by atoms with van der Waals surface area (Å²) in [7, 11) is 0. The fraction of sp³-hybridized carbons (Fsp3) is 0.250. The Hall–Kier alpha value is -2.74. The van der Waals surface area contributed by atoms with E-state index in [1.54, 1.807) is 40.7 Å². The number of anilines is 1. The predicted octanol–water partition coefficient (Wildman–Crippen LogP) is 1.61. The zero-order valence-corrected chi connectivity index (χ0v) is 13.7. The van der Waals surface area contributed by atoms with E-state index in [9.17, 15) is 4.79 Å². The lowest BCUT2D eigenvalue weighted by Crippen LogP contribution is -2.45. The van der Waals surface area contributed by atoms with E-state index in [1.807, 2.05) is 28.5 Å². The molecule has 8 heteroatoms. The fourth-order valence-electron chi connectivity index (χ4n) is 2.80. The number of nitrogens with zero attached hydrogens (tertiary/aromatic N) is 5. The lowest BCUT2D eigenvalue weighted by molar-refractivity contribution is -0.124. The van der Waals surface area contributed by atoms with Crippen LogP contribution in [0.3, 0.4) is 0 Å². The molecule has 1 N–H and O–H groups in total. The maximum Gasteiger partial charge on any atom is 0.247 e. The van der Waals surface area contributed by atoms with Crippen molar-refractivity contribution in [3.8, 4) is 0 Å². The van der Waals surface area contributed by atoms with Crippen molar-refractivity contribution in [1.29, 1.82) is 0 Å². The van der Waals surface area contributed by atoms with Crippen LogP contribution in [0.15, 0.2) is 48.2 Å². The summed E-state index contributed by atoms with van der Waals surface area (Å²) in [5, 5.41) is 9.33. The number of carbonyl (C=O) groups excluding carboxylic acids is 1. The lowest BCUT2D eigenvalue weighted by atomic mass is 10.2. The average molecular weight is 340 g/mol. The highest BCUT2D eigenvalue weighted by atomic mass is 32.1. The largest absolute Gasteiger partial charge is 0.349 e. The molecule has 3 aromatic heterocycles. The molecular formula is C16H16N6OS. The first-order chi connectivity index (χ1) is 11.8. The SMILES string of the molecule is O=C(NCc1cccs1)C1CN(c2ncccn2)Cc2ccnn21. The van der Waals surface area contributed by atoms with Crippen LogP contribution < -0.4 is 10.2 Å². The summed E-state index contributed by atoms with van der Waals surface area (Å²) in [4.78, 5) is 24.4. The van der Waals surface area contributed by atoms with Crippen LogP contribution in [0.1, 0.15) is 16.6 Å². The Bertz CT molecular complexity index is 816. The van der Waals surface area contributed by atoms with Gasteiger partial charge in [-0.1, -0.05) is 6.07 Å². The molecule has 4 rings (SSSR count). The minimum Gasteiger partial charge on any atom is -0.349 e. The van der Waals surface area contributed by atoms with Crippen molar-refractivity contribution in [1.82, 2.24) is 25.1 Å². The third-order valence-electron chi connectivity index (χ3n) is 3.95. The van der Waals surface area contributed by atoms with E-state index in [4.69, 9.17) is 0 Å². The van der Waals surface area contributed by atoms with Gasteiger partial charge in [-0.3, -0.25) is 9.48 Å². The highest BCUT2D eigenvalue weighted by Gasteiger charge is 2.31. The number of nitrogens with one attached hydrogen (secondary N) is 1. The number of fused-ring (bicyclic) bond motifs is 1. The first-order valence-corrected chi connectivity index (χ1v) is 8.53. The minimum atomic E-state index is -0.396. The third-order valence-corrected chi connectivity index (χ3v) is 4.82. The molecule has 0 saturated heterocycles. The third kappa shape index (κ3) is 2.88. The molecule has 24 heavy (non-hydrogen) atoms. The molecule has 0 saturated carbocycles. The Morgan fingerprint density at radius 1 is 1.25 bits per heavy atom. The molecule has 1 unspecified atom stereocenters. The van der Waals surface area contributed by atoms with Crippen molar-refractivity contribution < 1.29 is 4.79 Å². The van der Waals surface area contributed by atoms with E-state index in [0.717, 1.165) is 10.6 Å². The Labute approximate surface area is 143 Å². The molecule has 122 valence electrons. The highest BCUT2D eigenvalue weighted by Crippen LogP contribution is 2.23. The molecule has 0 aliphatic carbocycles. The second-order valence-corrected chi connectivity index (χ2v) is 6.54. The maximum absolute atomic E-state index is 12.7. The first-order valence-electron chi connectivity index (χ1n) is 7.66. The second-order valence-electron chi connectivity index (χ2n) is 5.51. The van der Waals surface area contributed by atoms with Crippen molar-refractivity contribution in [3.05, 3.63) is 58.8 Å². The molecule has 0 radical (unpaired) electrons. The molecule has 0 bridgehead atoms. The van der Waals surface area contributed by atoms with Crippen LogP contribution in [0.2, 0.25) is 0 Å². The minimum absolute atomic E-state index is 0.0472. The van der Waals surface area contributed by atoms with Gasteiger partial charge in [-0.15, -0.1) is 11.3 Å². The van der Waals surface area contributed by atoms with Gasteiger partial charge < -0.3 is 10.2 Å². The number of amides is 1. The van der Waals surface area contributed by atoms with E-state index >= 15 is 0 Å². The topological polar surface area (TPSA) is 75.9 Å². The Morgan fingerprint density at radius 2 is 2.12 bits per heavy atom. The molecular weight excluding hydrogens is 324 g/mol. The van der Waals surface area contributed by atoms with Gasteiger partial charge in [-0.25, -0.2) is 9.97 Å². The van der Waals surface area contributed by atoms with Crippen LogP contribution in [-0.4, -0.2) is 32.2 Å². The molecule has 1 aliphatic rings. The smallest absolute Gasteiger partial charge is 0.247 e. The van der Waals surface area contributed by atoms with E-state index in [0.29, 0.717) is 25.6 Å². The highest BCUT2D eigenvalue weighted by molar-refractivity contribution is 7.09. The number of rotatable bonds is 4. The molecule has 3 aromatic rings. The maximum atomic E-state index is 12.7. The van der Waals surface area contributed by atoms with E-state index in [-0.39, 0.29) is 5.91 Å². The molecule has 1 amide bonds. The normalized spacial score (nSPS) is 16.7. The van der Waals surface area contributed by atoms with Gasteiger partial charge in [-0.2, -0.15) is 5.10 Å². The molecule has 7 nitrogen and oxygen atoms in total. The van der Waals surface area contributed by atoms with Crippen LogP contribution in [0.5, 0.6) is 0 Å². The average Bonchev–Trinajstić information content (AvgIpc) is 3.31. The van der Waals surface area contributed by atoms with Crippen molar-refractivity contribution in [2.45, 2.75) is 19.1 Å². The summed E-state index contributed by atoms with van der Waals surface area (Å²) in [5.74, 6) is 0.579. The van der Waals surface area contributed by atoms with Crippen LogP contribution in [0, 0.1) is 0 Å². The molecule has 4 heterocycles. The van der Waals surface area contributed by atoms with Gasteiger partial charge in [0, 0.05) is 23.5 Å². The Balaban J connectivity index is 1.54. The molecule has 0 fully saturated rings. The number of thiophene rings is 1. The van der Waals surface area contributed by atoms with Gasteiger partial charge >= 0.3 is 0 Å². The summed E-state index contributed by atoms with van der Waals surface area (Å²) in [6.07, 6.45) is 5.14. The monoisotopic (exact) mass is 340 g/mol. The van der Waals surface area contributed by atoms with Crippen LogP contribution in [0.25, 0.3) is 0 Å². The Morgan fingerprint density at radius 3 is 2.92 bits per heavy atom. The van der Waals surface area contributed by atoms with Crippen molar-refractivity contribution >= 4 is 23.2 Å². The van der Waals surface area contributed by atoms with Gasteiger partial charge in [0.25, 0.3) is 0 Å². The van der Waals surface area contributed by atoms with Crippen LogP contribution in [-0.2, 0) is 17.9 Å². The van der Waals surface area contributed by atoms with Gasteiger partial charge in [0.15, 0.2) is 0 Å². The summed E-state index contributed by atoms with van der Waals surface area (Å²) >= 11 is 1.63. The summed E-state index contributed by atoms with van der Waals surface area (Å²) in [6, 6.07) is 7.30. The number of carbonyl (C=O) groups is 1. The van der Waals surface area contributed by atoms with E-state index in [2.05, 4.69) is 20.4 Å². The summed E-state index contributed by atoms with van der Waals surface area (Å²) in [6.45, 7) is 1.67.